The smallest absolute Gasteiger partial charge is 0.273 e. The van der Waals surface area contributed by atoms with Gasteiger partial charge in [0.15, 0.2) is 28.7 Å². The predicted octanol–water partition coefficient (Wildman–Crippen LogP) is 5.11. The van der Waals surface area contributed by atoms with Crippen molar-refractivity contribution in [3.8, 4) is 23.0 Å². The van der Waals surface area contributed by atoms with Crippen LogP contribution >= 0.6 is 0 Å². The molecule has 0 spiro atoms. The first-order valence-electron chi connectivity index (χ1n) is 12.6. The Morgan fingerprint density at radius 2 is 1.79 bits per heavy atom. The summed E-state index contributed by atoms with van der Waals surface area (Å²) in [5.74, 6) is 2.90. The normalized spacial score (nSPS) is 12.8. The molecule has 0 unspecified atom stereocenters. The van der Waals surface area contributed by atoms with E-state index in [2.05, 4.69) is 15.2 Å². The van der Waals surface area contributed by atoms with Crippen LogP contribution in [0.5, 0.6) is 23.0 Å². The summed E-state index contributed by atoms with van der Waals surface area (Å²) in [6.45, 7) is 3.59. The average Bonchev–Trinajstić information content (AvgIpc) is 3.63. The number of carbonyl (C=O) groups excluding carboxylic acids is 1. The number of para-hydroxylation sites is 1. The minimum atomic E-state index is -0.293. The van der Waals surface area contributed by atoms with Crippen molar-refractivity contribution in [2.24, 2.45) is 0 Å². The Labute approximate surface area is 227 Å². The molecule has 2 heterocycles. The summed E-state index contributed by atoms with van der Waals surface area (Å²) in [5.41, 5.74) is 3.22. The molecule has 5 rings (SSSR count). The molecule has 1 aliphatic heterocycles. The highest BCUT2D eigenvalue weighted by Gasteiger charge is 2.21. The topological polar surface area (TPSA) is 95.3 Å². The molecule has 1 N–H and O–H groups in total. The van der Waals surface area contributed by atoms with Crippen molar-refractivity contribution >= 4 is 5.91 Å². The number of ether oxygens (including phenoxy) is 4. The van der Waals surface area contributed by atoms with Gasteiger partial charge < -0.3 is 28.7 Å². The maximum absolute atomic E-state index is 12.9. The number of benzene rings is 3. The molecule has 39 heavy (non-hydrogen) atoms. The molecule has 0 fully saturated rings. The fourth-order valence-corrected chi connectivity index (χ4v) is 4.56. The van der Waals surface area contributed by atoms with E-state index in [0.717, 1.165) is 22.4 Å². The number of hydrogen-bond donors (Lipinski definition) is 1. The zero-order valence-corrected chi connectivity index (χ0v) is 22.2. The standard InChI is InChI=1S/C30H31N3O6/c1-20(22-8-5-4-6-9-22)31-30(34)24-18-37-28(32-24)17-33(15-21-12-13-25-27(14-21)39-19-38-25)16-23-10-7-11-26(35-2)29(23)36-3/h4-14,18,20H,15-17,19H2,1-3H3,(H,31,34)/t20-/m0/s1. The van der Waals surface area contributed by atoms with E-state index in [-0.39, 0.29) is 24.4 Å². The third-order valence-electron chi connectivity index (χ3n) is 6.51. The van der Waals surface area contributed by atoms with Gasteiger partial charge in [0.05, 0.1) is 26.8 Å². The van der Waals surface area contributed by atoms with Crippen molar-refractivity contribution in [1.82, 2.24) is 15.2 Å². The highest BCUT2D eigenvalue weighted by molar-refractivity contribution is 5.92. The lowest BCUT2D eigenvalue weighted by Crippen LogP contribution is -2.27. The van der Waals surface area contributed by atoms with Crippen molar-refractivity contribution in [1.29, 1.82) is 0 Å². The predicted molar refractivity (Wildman–Crippen MR) is 144 cm³/mol. The number of nitrogens with one attached hydrogen (secondary N) is 1. The molecule has 1 aromatic heterocycles. The first-order valence-corrected chi connectivity index (χ1v) is 12.6. The van der Waals surface area contributed by atoms with Gasteiger partial charge in [0.25, 0.3) is 5.91 Å². The molecule has 0 bridgehead atoms. The lowest BCUT2D eigenvalue weighted by molar-refractivity contribution is 0.0934. The van der Waals surface area contributed by atoms with E-state index in [4.69, 9.17) is 23.4 Å². The zero-order chi connectivity index (χ0) is 27.2. The van der Waals surface area contributed by atoms with E-state index in [1.807, 2.05) is 73.7 Å². The van der Waals surface area contributed by atoms with Crippen molar-refractivity contribution in [3.05, 3.63) is 101 Å². The average molecular weight is 530 g/mol. The van der Waals surface area contributed by atoms with E-state index in [0.29, 0.717) is 42.8 Å². The van der Waals surface area contributed by atoms with E-state index < -0.39 is 0 Å². The fourth-order valence-electron chi connectivity index (χ4n) is 4.56. The second-order valence-corrected chi connectivity index (χ2v) is 9.22. The van der Waals surface area contributed by atoms with Gasteiger partial charge in [-0.2, -0.15) is 0 Å². The van der Waals surface area contributed by atoms with E-state index in [1.165, 1.54) is 6.26 Å². The largest absolute Gasteiger partial charge is 0.493 e. The van der Waals surface area contributed by atoms with E-state index in [1.54, 1.807) is 14.2 Å². The summed E-state index contributed by atoms with van der Waals surface area (Å²) in [7, 11) is 3.24. The van der Waals surface area contributed by atoms with Crippen LogP contribution in [0.3, 0.4) is 0 Å². The Morgan fingerprint density at radius 1 is 0.974 bits per heavy atom. The van der Waals surface area contributed by atoms with Crippen LogP contribution in [0.2, 0.25) is 0 Å². The fraction of sp³-hybridized carbons (Fsp3) is 0.267. The third-order valence-corrected chi connectivity index (χ3v) is 6.51. The molecule has 1 atom stereocenters. The van der Waals surface area contributed by atoms with Crippen molar-refractivity contribution in [2.45, 2.75) is 32.6 Å². The molecule has 202 valence electrons. The minimum Gasteiger partial charge on any atom is -0.493 e. The summed E-state index contributed by atoms with van der Waals surface area (Å²) in [6.07, 6.45) is 1.40. The van der Waals surface area contributed by atoms with Gasteiger partial charge in [-0.1, -0.05) is 48.5 Å². The number of nitrogens with zero attached hydrogens (tertiary/aromatic N) is 2. The Bertz CT molecular complexity index is 1420. The summed E-state index contributed by atoms with van der Waals surface area (Å²) in [6, 6.07) is 21.3. The number of oxazole rings is 1. The molecule has 1 amide bonds. The molecule has 3 aromatic carbocycles. The quantitative estimate of drug-likeness (QED) is 0.286. The van der Waals surface area contributed by atoms with Gasteiger partial charge >= 0.3 is 0 Å². The minimum absolute atomic E-state index is 0.165. The number of amides is 1. The van der Waals surface area contributed by atoms with Crippen LogP contribution in [0.1, 0.15) is 46.0 Å². The number of rotatable bonds is 11. The Morgan fingerprint density at radius 3 is 2.59 bits per heavy atom. The Kier molecular flexibility index (Phi) is 7.98. The van der Waals surface area contributed by atoms with Crippen LogP contribution in [-0.2, 0) is 19.6 Å². The zero-order valence-electron chi connectivity index (χ0n) is 22.2. The number of methoxy groups -OCH3 is 2. The van der Waals surface area contributed by atoms with Gasteiger partial charge in [-0.15, -0.1) is 0 Å². The van der Waals surface area contributed by atoms with Crippen LogP contribution in [0.25, 0.3) is 0 Å². The third kappa shape index (κ3) is 6.15. The molecule has 4 aromatic rings. The first kappa shape index (κ1) is 26.1. The van der Waals surface area contributed by atoms with Crippen LogP contribution < -0.4 is 24.3 Å². The summed E-state index contributed by atoms with van der Waals surface area (Å²) in [4.78, 5) is 19.5. The SMILES string of the molecule is COc1cccc(CN(Cc2ccc3c(c2)OCO3)Cc2nc(C(=O)N[C@@H](C)c3ccccc3)co2)c1OC. The monoisotopic (exact) mass is 529 g/mol. The number of aromatic nitrogens is 1. The summed E-state index contributed by atoms with van der Waals surface area (Å²) >= 11 is 0. The number of fused-ring (bicyclic) bond motifs is 1. The summed E-state index contributed by atoms with van der Waals surface area (Å²) < 4.78 is 27.9. The molecule has 1 aliphatic rings. The molecule has 0 aliphatic carbocycles. The van der Waals surface area contributed by atoms with E-state index in [9.17, 15) is 4.79 Å². The molecule has 9 heteroatoms. The van der Waals surface area contributed by atoms with Crippen LogP contribution in [0.15, 0.2) is 77.4 Å². The van der Waals surface area contributed by atoms with Gasteiger partial charge in [0.1, 0.15) is 6.26 Å². The second-order valence-electron chi connectivity index (χ2n) is 9.22. The van der Waals surface area contributed by atoms with Gasteiger partial charge in [-0.25, -0.2) is 4.98 Å². The maximum Gasteiger partial charge on any atom is 0.273 e. The van der Waals surface area contributed by atoms with Crippen molar-refractivity contribution in [3.63, 3.8) is 0 Å². The van der Waals surface area contributed by atoms with Crippen LogP contribution in [0, 0.1) is 0 Å². The molecule has 9 nitrogen and oxygen atoms in total. The first-order chi connectivity index (χ1) is 19.0. The number of carbonyl (C=O) groups is 1. The maximum atomic E-state index is 12.9. The highest BCUT2D eigenvalue weighted by Crippen LogP contribution is 2.34. The van der Waals surface area contributed by atoms with E-state index >= 15 is 0 Å². The Hall–Kier alpha value is -4.50. The molecular formula is C30H31N3O6. The second kappa shape index (κ2) is 11.9. The van der Waals surface area contributed by atoms with Crippen LogP contribution in [0.4, 0.5) is 0 Å². The molecule has 0 radical (unpaired) electrons. The van der Waals surface area contributed by atoms with Crippen LogP contribution in [-0.4, -0.2) is 36.8 Å². The lowest BCUT2D eigenvalue weighted by atomic mass is 10.1. The molecule has 0 saturated heterocycles. The molecular weight excluding hydrogens is 498 g/mol. The van der Waals surface area contributed by atoms with Gasteiger partial charge in [0, 0.05) is 18.7 Å². The van der Waals surface area contributed by atoms with Crippen molar-refractivity contribution < 1.29 is 28.2 Å². The van der Waals surface area contributed by atoms with Gasteiger partial charge in [-0.05, 0) is 36.2 Å². The highest BCUT2D eigenvalue weighted by atomic mass is 16.7. The van der Waals surface area contributed by atoms with Crippen molar-refractivity contribution in [2.75, 3.05) is 21.0 Å². The lowest BCUT2D eigenvalue weighted by Gasteiger charge is -2.23. The van der Waals surface area contributed by atoms with Gasteiger partial charge in [-0.3, -0.25) is 9.69 Å². The summed E-state index contributed by atoms with van der Waals surface area (Å²) in [5, 5.41) is 2.98. The number of hydrogen-bond acceptors (Lipinski definition) is 8. The van der Waals surface area contributed by atoms with Gasteiger partial charge in [0.2, 0.25) is 12.7 Å². The molecule has 0 saturated carbocycles. The Balaban J connectivity index is 1.34.